The molecule has 0 bridgehead atoms. The Bertz CT molecular complexity index is 755. The van der Waals surface area contributed by atoms with Crippen molar-refractivity contribution >= 4 is 11.9 Å². The highest BCUT2D eigenvalue weighted by atomic mass is 19.1. The fourth-order valence-corrected chi connectivity index (χ4v) is 2.72. The van der Waals surface area contributed by atoms with E-state index in [4.69, 9.17) is 9.47 Å². The zero-order valence-electron chi connectivity index (χ0n) is 16.3. The third-order valence-corrected chi connectivity index (χ3v) is 4.40. The van der Waals surface area contributed by atoms with Crippen LogP contribution in [0.15, 0.2) is 48.5 Å². The summed E-state index contributed by atoms with van der Waals surface area (Å²) in [5.41, 5.74) is 0.992. The molecule has 0 saturated heterocycles. The van der Waals surface area contributed by atoms with Crippen molar-refractivity contribution in [3.8, 4) is 0 Å². The summed E-state index contributed by atoms with van der Waals surface area (Å²) in [5, 5.41) is 0. The maximum atomic E-state index is 13.5. The smallest absolute Gasteiger partial charge is 0.338 e. The maximum absolute atomic E-state index is 13.5. The Kier molecular flexibility index (Phi) is 9.19. The van der Waals surface area contributed by atoms with Gasteiger partial charge in [0.05, 0.1) is 17.7 Å². The number of carbonyl (C=O) groups excluding carboxylic acids is 2. The van der Waals surface area contributed by atoms with Gasteiger partial charge in [-0.15, -0.1) is 0 Å². The van der Waals surface area contributed by atoms with E-state index in [9.17, 15) is 14.0 Å². The van der Waals surface area contributed by atoms with E-state index >= 15 is 0 Å². The number of halogens is 1. The van der Waals surface area contributed by atoms with Crippen LogP contribution in [-0.2, 0) is 16.1 Å². The second-order valence-corrected chi connectivity index (χ2v) is 6.65. The molecule has 0 aromatic heterocycles. The average molecular weight is 386 g/mol. The molecule has 0 fully saturated rings. The molecule has 0 saturated carbocycles. The van der Waals surface area contributed by atoms with Gasteiger partial charge >= 0.3 is 11.9 Å². The van der Waals surface area contributed by atoms with Crippen LogP contribution >= 0.6 is 0 Å². The molecule has 5 heteroatoms. The Hall–Kier alpha value is -2.69. The number of benzene rings is 2. The molecule has 0 amide bonds. The van der Waals surface area contributed by atoms with E-state index < -0.39 is 17.8 Å². The van der Waals surface area contributed by atoms with Crippen LogP contribution in [0.5, 0.6) is 0 Å². The Balaban J connectivity index is 1.75. The van der Waals surface area contributed by atoms with Crippen LogP contribution in [0, 0.1) is 5.82 Å². The number of hydrogen-bond acceptors (Lipinski definition) is 4. The molecule has 0 atom stereocenters. The van der Waals surface area contributed by atoms with Crippen LogP contribution in [0.1, 0.15) is 71.7 Å². The molecule has 0 aliphatic heterocycles. The highest BCUT2D eigenvalue weighted by Crippen LogP contribution is 2.12. The summed E-state index contributed by atoms with van der Waals surface area (Å²) in [6.07, 6.45) is 6.75. The topological polar surface area (TPSA) is 52.6 Å². The van der Waals surface area contributed by atoms with Gasteiger partial charge in [-0.25, -0.2) is 14.0 Å². The van der Waals surface area contributed by atoms with E-state index in [1.807, 2.05) is 0 Å². The minimum atomic E-state index is -0.574. The van der Waals surface area contributed by atoms with Gasteiger partial charge in [-0.05, 0) is 36.8 Å². The van der Waals surface area contributed by atoms with Crippen molar-refractivity contribution < 1.29 is 23.5 Å². The van der Waals surface area contributed by atoms with Crippen LogP contribution in [0.25, 0.3) is 0 Å². The molecule has 0 N–H and O–H groups in total. The molecule has 28 heavy (non-hydrogen) atoms. The predicted molar refractivity (Wildman–Crippen MR) is 106 cm³/mol. The first-order valence-corrected chi connectivity index (χ1v) is 9.79. The van der Waals surface area contributed by atoms with Gasteiger partial charge in [0.15, 0.2) is 0 Å². The number of unbranched alkanes of at least 4 members (excludes halogenated alkanes) is 5. The lowest BCUT2D eigenvalue weighted by Gasteiger charge is -2.07. The van der Waals surface area contributed by atoms with Crippen molar-refractivity contribution in [2.24, 2.45) is 0 Å². The Labute approximate surface area is 165 Å². The third kappa shape index (κ3) is 7.14. The standard InChI is InChI=1S/C23H27FO4/c1-2-3-4-5-6-9-16-27-22(25)18-12-14-19(15-13-18)23(26)28-17-20-10-7-8-11-21(20)24/h7-8,10-15H,2-6,9,16-17H2,1H3. The van der Waals surface area contributed by atoms with Gasteiger partial charge in [0.25, 0.3) is 0 Å². The quantitative estimate of drug-likeness (QED) is 0.367. The molecule has 0 aliphatic rings. The van der Waals surface area contributed by atoms with E-state index in [-0.39, 0.29) is 6.61 Å². The predicted octanol–water partition coefficient (Wildman–Crippen LogP) is 5.70. The van der Waals surface area contributed by atoms with E-state index in [1.165, 1.54) is 49.6 Å². The van der Waals surface area contributed by atoms with Crippen LogP contribution in [0.3, 0.4) is 0 Å². The minimum Gasteiger partial charge on any atom is -0.462 e. The Morgan fingerprint density at radius 3 is 2.00 bits per heavy atom. The average Bonchev–Trinajstić information content (AvgIpc) is 2.72. The van der Waals surface area contributed by atoms with Gasteiger partial charge in [-0.3, -0.25) is 0 Å². The molecule has 0 aliphatic carbocycles. The van der Waals surface area contributed by atoms with Gasteiger partial charge < -0.3 is 9.47 Å². The zero-order valence-corrected chi connectivity index (χ0v) is 16.3. The first kappa shape index (κ1) is 21.6. The lowest BCUT2D eigenvalue weighted by molar-refractivity contribution is 0.0463. The minimum absolute atomic E-state index is 0.145. The van der Waals surface area contributed by atoms with Crippen molar-refractivity contribution in [3.05, 3.63) is 71.0 Å². The second-order valence-electron chi connectivity index (χ2n) is 6.65. The molecule has 0 spiro atoms. The van der Waals surface area contributed by atoms with Gasteiger partial charge in [0.2, 0.25) is 0 Å². The molecular weight excluding hydrogens is 359 g/mol. The maximum Gasteiger partial charge on any atom is 0.338 e. The Morgan fingerprint density at radius 2 is 1.36 bits per heavy atom. The van der Waals surface area contributed by atoms with Crippen LogP contribution in [0.4, 0.5) is 4.39 Å². The summed E-state index contributed by atoms with van der Waals surface area (Å²) in [6, 6.07) is 12.2. The van der Waals surface area contributed by atoms with Gasteiger partial charge in [-0.2, -0.15) is 0 Å². The lowest BCUT2D eigenvalue weighted by atomic mass is 10.1. The molecule has 0 heterocycles. The van der Waals surface area contributed by atoms with E-state index in [0.29, 0.717) is 23.3 Å². The third-order valence-electron chi connectivity index (χ3n) is 4.40. The lowest BCUT2D eigenvalue weighted by Crippen LogP contribution is -2.09. The van der Waals surface area contributed by atoms with Gasteiger partial charge in [0, 0.05) is 5.56 Å². The normalized spacial score (nSPS) is 10.5. The number of carbonyl (C=O) groups is 2. The highest BCUT2D eigenvalue weighted by molar-refractivity contribution is 5.93. The Morgan fingerprint density at radius 1 is 0.786 bits per heavy atom. The summed E-state index contributed by atoms with van der Waals surface area (Å²) in [4.78, 5) is 24.1. The summed E-state index contributed by atoms with van der Waals surface area (Å²) in [7, 11) is 0. The van der Waals surface area contributed by atoms with Gasteiger partial charge in [0.1, 0.15) is 12.4 Å². The number of esters is 2. The summed E-state index contributed by atoms with van der Waals surface area (Å²) in [6.45, 7) is 2.43. The molecule has 2 rings (SSSR count). The number of hydrogen-bond donors (Lipinski definition) is 0. The van der Waals surface area contributed by atoms with Crippen molar-refractivity contribution in [3.63, 3.8) is 0 Å². The van der Waals surface area contributed by atoms with E-state index in [0.717, 1.165) is 19.3 Å². The fourth-order valence-electron chi connectivity index (χ4n) is 2.72. The molecular formula is C23H27FO4. The van der Waals surface area contributed by atoms with Gasteiger partial charge in [-0.1, -0.05) is 57.2 Å². The van der Waals surface area contributed by atoms with Crippen LogP contribution in [0.2, 0.25) is 0 Å². The van der Waals surface area contributed by atoms with E-state index in [1.54, 1.807) is 18.2 Å². The van der Waals surface area contributed by atoms with E-state index in [2.05, 4.69) is 6.92 Å². The largest absolute Gasteiger partial charge is 0.462 e. The van der Waals surface area contributed by atoms with Crippen LogP contribution < -0.4 is 0 Å². The molecule has 2 aromatic carbocycles. The van der Waals surface area contributed by atoms with Crippen molar-refractivity contribution in [1.29, 1.82) is 0 Å². The fraction of sp³-hybridized carbons (Fsp3) is 0.391. The first-order valence-electron chi connectivity index (χ1n) is 9.79. The van der Waals surface area contributed by atoms with Crippen molar-refractivity contribution in [2.45, 2.75) is 52.1 Å². The van der Waals surface area contributed by atoms with Crippen LogP contribution in [-0.4, -0.2) is 18.5 Å². The summed E-state index contributed by atoms with van der Waals surface area (Å²) >= 11 is 0. The number of rotatable bonds is 11. The molecule has 4 nitrogen and oxygen atoms in total. The number of ether oxygens (including phenoxy) is 2. The van der Waals surface area contributed by atoms with Crippen molar-refractivity contribution in [1.82, 2.24) is 0 Å². The summed E-state index contributed by atoms with van der Waals surface area (Å²) in [5.74, 6) is -1.39. The molecule has 2 aromatic rings. The monoisotopic (exact) mass is 386 g/mol. The molecule has 0 unspecified atom stereocenters. The highest BCUT2D eigenvalue weighted by Gasteiger charge is 2.12. The molecule has 150 valence electrons. The van der Waals surface area contributed by atoms with Crippen molar-refractivity contribution in [2.75, 3.05) is 6.61 Å². The summed E-state index contributed by atoms with van der Waals surface area (Å²) < 4.78 is 23.9. The second kappa shape index (κ2) is 11.9. The zero-order chi connectivity index (χ0) is 20.2. The SMILES string of the molecule is CCCCCCCCOC(=O)c1ccc(C(=O)OCc2ccccc2F)cc1. The first-order chi connectivity index (χ1) is 13.6. The molecule has 0 radical (unpaired) electrons.